The van der Waals surface area contributed by atoms with Gasteiger partial charge in [0.15, 0.2) is 0 Å². The molecule has 0 aliphatic heterocycles. The van der Waals surface area contributed by atoms with Gasteiger partial charge in [0, 0.05) is 0 Å². The van der Waals surface area contributed by atoms with E-state index in [1.54, 1.807) is 32.9 Å². The number of nitrogens with one attached hydrogen (secondary N) is 1. The maximum Gasteiger partial charge on any atom is 0.407 e. The minimum atomic E-state index is -0.630. The van der Waals surface area contributed by atoms with Crippen LogP contribution in [0, 0.1) is 5.82 Å². The molecule has 0 atom stereocenters. The predicted octanol–water partition coefficient (Wildman–Crippen LogP) is 3.51. The molecule has 0 bridgehead atoms. The van der Waals surface area contributed by atoms with Gasteiger partial charge in [-0.3, -0.25) is 0 Å². The van der Waals surface area contributed by atoms with Crippen LogP contribution in [0.15, 0.2) is 24.3 Å². The van der Waals surface area contributed by atoms with E-state index in [1.165, 1.54) is 12.1 Å². The summed E-state index contributed by atoms with van der Waals surface area (Å²) in [5.41, 5.74) is -1.17. The lowest BCUT2D eigenvalue weighted by Gasteiger charge is -2.27. The summed E-state index contributed by atoms with van der Waals surface area (Å²) in [4.78, 5) is 11.6. The second-order valence-corrected chi connectivity index (χ2v) is 6.17. The molecule has 0 aliphatic carbocycles. The van der Waals surface area contributed by atoms with Crippen molar-refractivity contribution in [1.82, 2.24) is 5.32 Å². The van der Waals surface area contributed by atoms with Gasteiger partial charge < -0.3 is 14.8 Å². The van der Waals surface area contributed by atoms with Crippen LogP contribution in [-0.4, -0.2) is 23.8 Å². The summed E-state index contributed by atoms with van der Waals surface area (Å²) in [7, 11) is 0. The molecule has 1 N–H and O–H groups in total. The van der Waals surface area contributed by atoms with Crippen molar-refractivity contribution in [3.05, 3.63) is 30.1 Å². The topological polar surface area (TPSA) is 47.6 Å². The van der Waals surface area contributed by atoms with Crippen molar-refractivity contribution >= 4 is 6.09 Å². The highest BCUT2D eigenvalue weighted by Gasteiger charge is 2.23. The van der Waals surface area contributed by atoms with Gasteiger partial charge in [-0.2, -0.15) is 0 Å². The zero-order valence-electron chi connectivity index (χ0n) is 12.6. The SMILES string of the molecule is CC(C)(C)OC(=O)NCC(C)(C)Oc1ccc(F)cc1. The Hall–Kier alpha value is -1.78. The number of carbonyl (C=O) groups excluding carboxylic acids is 1. The van der Waals surface area contributed by atoms with Crippen molar-refractivity contribution in [1.29, 1.82) is 0 Å². The average molecular weight is 283 g/mol. The van der Waals surface area contributed by atoms with E-state index >= 15 is 0 Å². The fraction of sp³-hybridized carbons (Fsp3) is 0.533. The van der Waals surface area contributed by atoms with Crippen LogP contribution in [0.25, 0.3) is 0 Å². The number of carbonyl (C=O) groups is 1. The lowest BCUT2D eigenvalue weighted by Crippen LogP contribution is -2.44. The van der Waals surface area contributed by atoms with Crippen LogP contribution in [0.3, 0.4) is 0 Å². The van der Waals surface area contributed by atoms with E-state index in [4.69, 9.17) is 9.47 Å². The molecule has 1 amide bonds. The lowest BCUT2D eigenvalue weighted by atomic mass is 10.1. The molecule has 0 fully saturated rings. The van der Waals surface area contributed by atoms with Gasteiger partial charge in [-0.1, -0.05) is 0 Å². The highest BCUT2D eigenvalue weighted by molar-refractivity contribution is 5.67. The first kappa shape index (κ1) is 16.3. The molecule has 1 rings (SSSR count). The van der Waals surface area contributed by atoms with Crippen molar-refractivity contribution in [2.45, 2.75) is 45.8 Å². The number of benzene rings is 1. The summed E-state index contributed by atoms with van der Waals surface area (Å²) < 4.78 is 23.6. The highest BCUT2D eigenvalue weighted by Crippen LogP contribution is 2.18. The largest absolute Gasteiger partial charge is 0.486 e. The maximum absolute atomic E-state index is 12.8. The van der Waals surface area contributed by atoms with Crippen molar-refractivity contribution in [2.24, 2.45) is 0 Å². The second-order valence-electron chi connectivity index (χ2n) is 6.17. The zero-order chi connectivity index (χ0) is 15.4. The Balaban J connectivity index is 2.49. The predicted molar refractivity (Wildman–Crippen MR) is 75.3 cm³/mol. The van der Waals surface area contributed by atoms with Gasteiger partial charge in [-0.15, -0.1) is 0 Å². The van der Waals surface area contributed by atoms with E-state index in [0.717, 1.165) is 0 Å². The third-order valence-electron chi connectivity index (χ3n) is 2.27. The molecule has 0 saturated heterocycles. The standard InChI is InChI=1S/C15H22FNO3/c1-14(2,3)20-13(18)17-10-15(4,5)19-12-8-6-11(16)7-9-12/h6-9H,10H2,1-5H3,(H,17,18). The van der Waals surface area contributed by atoms with Gasteiger partial charge >= 0.3 is 6.09 Å². The minimum absolute atomic E-state index is 0.277. The quantitative estimate of drug-likeness (QED) is 0.920. The third-order valence-corrected chi connectivity index (χ3v) is 2.27. The van der Waals surface area contributed by atoms with Crippen LogP contribution < -0.4 is 10.1 Å². The van der Waals surface area contributed by atoms with Crippen LogP contribution in [0.1, 0.15) is 34.6 Å². The first-order valence-electron chi connectivity index (χ1n) is 6.49. The van der Waals surface area contributed by atoms with Gasteiger partial charge in [0.25, 0.3) is 0 Å². The van der Waals surface area contributed by atoms with Crippen molar-refractivity contribution in [3.63, 3.8) is 0 Å². The fourth-order valence-corrected chi connectivity index (χ4v) is 1.46. The average Bonchev–Trinajstić information content (AvgIpc) is 2.27. The summed E-state index contributed by atoms with van der Waals surface area (Å²) in [5, 5.41) is 2.65. The number of hydrogen-bond acceptors (Lipinski definition) is 3. The molecule has 20 heavy (non-hydrogen) atoms. The van der Waals surface area contributed by atoms with Crippen LogP contribution in [0.2, 0.25) is 0 Å². The summed E-state index contributed by atoms with van der Waals surface area (Å²) in [6.07, 6.45) is -0.492. The smallest absolute Gasteiger partial charge is 0.407 e. The molecular weight excluding hydrogens is 261 g/mol. The number of halogens is 1. The highest BCUT2D eigenvalue weighted by atomic mass is 19.1. The summed E-state index contributed by atoms with van der Waals surface area (Å²) in [6, 6.07) is 5.74. The van der Waals surface area contributed by atoms with Crippen LogP contribution in [-0.2, 0) is 4.74 Å². The number of hydrogen-bond donors (Lipinski definition) is 1. The van der Waals surface area contributed by atoms with Gasteiger partial charge in [0.2, 0.25) is 0 Å². The second kappa shape index (κ2) is 6.11. The van der Waals surface area contributed by atoms with Crippen LogP contribution in [0.5, 0.6) is 5.75 Å². The van der Waals surface area contributed by atoms with Crippen molar-refractivity contribution in [3.8, 4) is 5.75 Å². The van der Waals surface area contributed by atoms with E-state index in [2.05, 4.69) is 5.32 Å². The Bertz CT molecular complexity index is 449. The van der Waals surface area contributed by atoms with Crippen LogP contribution >= 0.6 is 0 Å². The number of alkyl carbamates (subject to hydrolysis) is 1. The maximum atomic E-state index is 12.8. The van der Waals surface area contributed by atoms with Gasteiger partial charge in [-0.25, -0.2) is 9.18 Å². The molecule has 112 valence electrons. The molecule has 0 saturated carbocycles. The summed E-state index contributed by atoms with van der Waals surface area (Å²) >= 11 is 0. The van der Waals surface area contributed by atoms with Gasteiger partial charge in [-0.05, 0) is 58.9 Å². The van der Waals surface area contributed by atoms with Crippen LogP contribution in [0.4, 0.5) is 9.18 Å². The number of rotatable bonds is 4. The monoisotopic (exact) mass is 283 g/mol. The lowest BCUT2D eigenvalue weighted by molar-refractivity contribution is 0.0443. The molecule has 1 aromatic carbocycles. The van der Waals surface area contributed by atoms with E-state index in [0.29, 0.717) is 5.75 Å². The molecule has 0 unspecified atom stereocenters. The van der Waals surface area contributed by atoms with E-state index in [-0.39, 0.29) is 12.4 Å². The Kier molecular flexibility index (Phi) is 4.98. The molecular formula is C15H22FNO3. The molecule has 1 aromatic rings. The summed E-state index contributed by atoms with van der Waals surface area (Å²) in [5.74, 6) is 0.226. The first-order chi connectivity index (χ1) is 9.07. The minimum Gasteiger partial charge on any atom is -0.486 e. The van der Waals surface area contributed by atoms with E-state index < -0.39 is 17.3 Å². The zero-order valence-corrected chi connectivity index (χ0v) is 12.6. The normalized spacial score (nSPS) is 11.9. The van der Waals surface area contributed by atoms with Crippen molar-refractivity contribution < 1.29 is 18.7 Å². The van der Waals surface area contributed by atoms with E-state index in [9.17, 15) is 9.18 Å². The van der Waals surface area contributed by atoms with Crippen molar-refractivity contribution in [2.75, 3.05) is 6.54 Å². The number of amides is 1. The Labute approximate surface area is 119 Å². The molecule has 0 spiro atoms. The van der Waals surface area contributed by atoms with E-state index in [1.807, 2.05) is 13.8 Å². The summed E-state index contributed by atoms with van der Waals surface area (Å²) in [6.45, 7) is 9.33. The Morgan fingerprint density at radius 1 is 1.15 bits per heavy atom. The Morgan fingerprint density at radius 2 is 1.70 bits per heavy atom. The molecule has 5 heteroatoms. The Morgan fingerprint density at radius 3 is 2.20 bits per heavy atom. The number of ether oxygens (including phenoxy) is 2. The molecule has 0 radical (unpaired) electrons. The molecule has 4 nitrogen and oxygen atoms in total. The van der Waals surface area contributed by atoms with Gasteiger partial charge in [0.05, 0.1) is 6.54 Å². The molecule has 0 aromatic heterocycles. The molecule has 0 aliphatic rings. The first-order valence-corrected chi connectivity index (χ1v) is 6.49. The third kappa shape index (κ3) is 6.41. The van der Waals surface area contributed by atoms with Gasteiger partial charge in [0.1, 0.15) is 22.8 Å². The molecule has 0 heterocycles. The fourth-order valence-electron chi connectivity index (χ4n) is 1.46.